The molecule has 1 unspecified atom stereocenters. The second-order valence-corrected chi connectivity index (χ2v) is 8.87. The van der Waals surface area contributed by atoms with Gasteiger partial charge in [0.15, 0.2) is 0 Å². The van der Waals surface area contributed by atoms with Crippen LogP contribution in [0.4, 0.5) is 5.69 Å². The second-order valence-electron chi connectivity index (χ2n) is 8.87. The number of hydrogen-bond donors (Lipinski definition) is 1. The summed E-state index contributed by atoms with van der Waals surface area (Å²) in [7, 11) is 1.54. The lowest BCUT2D eigenvalue weighted by molar-refractivity contribution is -0.384. The van der Waals surface area contributed by atoms with E-state index in [2.05, 4.69) is 0 Å². The van der Waals surface area contributed by atoms with Crippen LogP contribution in [-0.2, 0) is 14.3 Å². The number of likely N-dealkylation sites (tertiary alicyclic amines) is 1. The van der Waals surface area contributed by atoms with Crippen molar-refractivity contribution in [1.29, 1.82) is 0 Å². The van der Waals surface area contributed by atoms with Gasteiger partial charge in [-0.3, -0.25) is 19.7 Å². The first-order valence-electron chi connectivity index (χ1n) is 11.4. The molecule has 3 rings (SSSR count). The summed E-state index contributed by atoms with van der Waals surface area (Å²) >= 11 is 0. The van der Waals surface area contributed by atoms with E-state index in [9.17, 15) is 24.8 Å². The fourth-order valence-corrected chi connectivity index (χ4v) is 4.01. The number of hydrogen-bond acceptors (Lipinski definition) is 7. The van der Waals surface area contributed by atoms with Crippen LogP contribution in [0.15, 0.2) is 48.0 Å². The van der Waals surface area contributed by atoms with E-state index in [4.69, 9.17) is 9.47 Å². The molecule has 2 aromatic carbocycles. The van der Waals surface area contributed by atoms with Gasteiger partial charge in [-0.2, -0.15) is 0 Å². The zero-order valence-corrected chi connectivity index (χ0v) is 20.3. The van der Waals surface area contributed by atoms with Crippen molar-refractivity contribution in [2.75, 3.05) is 26.9 Å². The predicted octanol–water partition coefficient (Wildman–Crippen LogP) is 4.40. The molecular weight excluding hydrogens is 452 g/mol. The number of methoxy groups -OCH3 is 1. The Morgan fingerprint density at radius 1 is 1.17 bits per heavy atom. The van der Waals surface area contributed by atoms with E-state index >= 15 is 0 Å². The van der Waals surface area contributed by atoms with E-state index in [-0.39, 0.29) is 23.6 Å². The van der Waals surface area contributed by atoms with Crippen LogP contribution >= 0.6 is 0 Å². The van der Waals surface area contributed by atoms with Crippen LogP contribution in [0.3, 0.4) is 0 Å². The van der Waals surface area contributed by atoms with Gasteiger partial charge < -0.3 is 19.5 Å². The van der Waals surface area contributed by atoms with Crippen molar-refractivity contribution in [1.82, 2.24) is 4.90 Å². The van der Waals surface area contributed by atoms with E-state index in [0.29, 0.717) is 48.0 Å². The normalized spacial score (nSPS) is 17.3. The molecule has 9 heteroatoms. The zero-order valence-electron chi connectivity index (χ0n) is 20.3. The van der Waals surface area contributed by atoms with Gasteiger partial charge in [-0.1, -0.05) is 13.8 Å². The molecule has 1 aliphatic heterocycles. The summed E-state index contributed by atoms with van der Waals surface area (Å²) in [4.78, 5) is 38.0. The Bertz CT molecular complexity index is 1140. The smallest absolute Gasteiger partial charge is 0.295 e. The van der Waals surface area contributed by atoms with E-state index in [1.807, 2.05) is 13.8 Å². The molecule has 0 saturated carbocycles. The molecule has 186 valence electrons. The van der Waals surface area contributed by atoms with Crippen molar-refractivity contribution < 1.29 is 29.1 Å². The summed E-state index contributed by atoms with van der Waals surface area (Å²) in [6.07, 6.45) is 0.480. The Labute approximate surface area is 204 Å². The molecule has 0 aliphatic carbocycles. The first kappa shape index (κ1) is 25.9. The number of amides is 1. The number of aliphatic hydroxyl groups excluding tert-OH is 1. The van der Waals surface area contributed by atoms with Gasteiger partial charge in [0.1, 0.15) is 11.5 Å². The van der Waals surface area contributed by atoms with Gasteiger partial charge in [0.25, 0.3) is 17.4 Å². The number of nitro groups is 1. The molecular formula is C26H30N2O7. The summed E-state index contributed by atoms with van der Waals surface area (Å²) < 4.78 is 10.8. The van der Waals surface area contributed by atoms with Gasteiger partial charge in [0.2, 0.25) is 0 Å². The lowest BCUT2D eigenvalue weighted by Crippen LogP contribution is -2.31. The number of carbonyl (C=O) groups is 2. The minimum absolute atomic E-state index is 0.0554. The lowest BCUT2D eigenvalue weighted by Gasteiger charge is -2.25. The maximum atomic E-state index is 13.1. The SMILES string of the molecule is COCCCN1C(=O)C(=O)/C(=C(/O)c2ccc(OCC(C)C)cc2C)C1c1ccc([N+](=O)[O-])cc1. The minimum atomic E-state index is -0.885. The number of aryl methyl sites for hydroxylation is 1. The van der Waals surface area contributed by atoms with Crippen molar-refractivity contribution in [2.24, 2.45) is 5.92 Å². The molecule has 9 nitrogen and oxygen atoms in total. The third kappa shape index (κ3) is 5.68. The number of aliphatic hydroxyl groups is 1. The van der Waals surface area contributed by atoms with Crippen molar-refractivity contribution in [3.63, 3.8) is 0 Å². The van der Waals surface area contributed by atoms with E-state index in [1.165, 1.54) is 29.2 Å². The topological polar surface area (TPSA) is 119 Å². The van der Waals surface area contributed by atoms with Crippen molar-refractivity contribution in [3.8, 4) is 5.75 Å². The number of Topliss-reactive ketones (excluding diaryl/α,β-unsaturated/α-hetero) is 1. The van der Waals surface area contributed by atoms with Crippen LogP contribution in [0.5, 0.6) is 5.75 Å². The average Bonchev–Trinajstić information content (AvgIpc) is 3.07. The van der Waals surface area contributed by atoms with Crippen LogP contribution in [-0.4, -0.2) is 53.5 Å². The first-order chi connectivity index (χ1) is 16.6. The maximum absolute atomic E-state index is 13.1. The van der Waals surface area contributed by atoms with E-state index in [0.717, 1.165) is 0 Å². The molecule has 0 spiro atoms. The number of nitro benzene ring substituents is 1. The highest BCUT2D eigenvalue weighted by molar-refractivity contribution is 6.46. The third-order valence-corrected chi connectivity index (χ3v) is 5.74. The molecule has 1 N–H and O–H groups in total. The molecule has 0 radical (unpaired) electrons. The Balaban J connectivity index is 2.07. The summed E-state index contributed by atoms with van der Waals surface area (Å²) in [5.41, 5.74) is 1.40. The molecule has 2 aromatic rings. The number of benzene rings is 2. The molecule has 0 aromatic heterocycles. The molecule has 1 atom stereocenters. The van der Waals surface area contributed by atoms with Gasteiger partial charge >= 0.3 is 0 Å². The Kier molecular flexibility index (Phi) is 8.24. The lowest BCUT2D eigenvalue weighted by atomic mass is 9.93. The first-order valence-corrected chi connectivity index (χ1v) is 11.4. The fourth-order valence-electron chi connectivity index (χ4n) is 4.01. The zero-order chi connectivity index (χ0) is 25.7. The van der Waals surface area contributed by atoms with Crippen LogP contribution in [0.1, 0.15) is 43.0 Å². The molecule has 1 fully saturated rings. The summed E-state index contributed by atoms with van der Waals surface area (Å²) in [5.74, 6) is -0.851. The van der Waals surface area contributed by atoms with Gasteiger partial charge in [-0.05, 0) is 60.7 Å². The molecule has 1 heterocycles. The summed E-state index contributed by atoms with van der Waals surface area (Å²) in [5, 5.41) is 22.4. The van der Waals surface area contributed by atoms with E-state index < -0.39 is 22.7 Å². The highest BCUT2D eigenvalue weighted by atomic mass is 16.6. The number of non-ortho nitro benzene ring substituents is 1. The predicted molar refractivity (Wildman–Crippen MR) is 130 cm³/mol. The van der Waals surface area contributed by atoms with Crippen LogP contribution in [0.25, 0.3) is 5.76 Å². The molecule has 35 heavy (non-hydrogen) atoms. The number of ether oxygens (including phenoxy) is 2. The highest BCUT2D eigenvalue weighted by Crippen LogP contribution is 2.40. The summed E-state index contributed by atoms with van der Waals surface area (Å²) in [6, 6.07) is 9.89. The van der Waals surface area contributed by atoms with Gasteiger partial charge in [-0.25, -0.2) is 0 Å². The third-order valence-electron chi connectivity index (χ3n) is 5.74. The number of nitrogens with zero attached hydrogens (tertiary/aromatic N) is 2. The maximum Gasteiger partial charge on any atom is 0.295 e. The van der Waals surface area contributed by atoms with Crippen molar-refractivity contribution in [3.05, 3.63) is 74.8 Å². The number of ketones is 1. The van der Waals surface area contributed by atoms with E-state index in [1.54, 1.807) is 32.2 Å². The summed E-state index contributed by atoms with van der Waals surface area (Å²) in [6.45, 7) is 7.00. The second kappa shape index (κ2) is 11.1. The Morgan fingerprint density at radius 2 is 1.86 bits per heavy atom. The monoisotopic (exact) mass is 482 g/mol. The van der Waals surface area contributed by atoms with Gasteiger partial charge in [0.05, 0.1) is 23.1 Å². The Hall–Kier alpha value is -3.72. The minimum Gasteiger partial charge on any atom is -0.507 e. The van der Waals surface area contributed by atoms with Gasteiger partial charge in [0, 0.05) is 38.0 Å². The highest BCUT2D eigenvalue weighted by Gasteiger charge is 2.46. The molecule has 1 amide bonds. The van der Waals surface area contributed by atoms with Crippen LogP contribution < -0.4 is 4.74 Å². The van der Waals surface area contributed by atoms with Gasteiger partial charge in [-0.15, -0.1) is 0 Å². The number of rotatable bonds is 10. The fraction of sp³-hybridized carbons (Fsp3) is 0.385. The van der Waals surface area contributed by atoms with Crippen molar-refractivity contribution >= 4 is 23.1 Å². The number of carbonyl (C=O) groups excluding carboxylic acids is 2. The van der Waals surface area contributed by atoms with Crippen molar-refractivity contribution in [2.45, 2.75) is 33.2 Å². The van der Waals surface area contributed by atoms with Crippen LogP contribution in [0.2, 0.25) is 0 Å². The standard InChI is InChI=1S/C26H30N2O7/c1-16(2)15-35-20-10-11-21(17(3)14-20)24(29)22-23(18-6-8-19(9-7-18)28(32)33)27(12-5-13-34-4)26(31)25(22)30/h6-11,14,16,23,29H,5,12-13,15H2,1-4H3/b24-22+. The van der Waals surface area contributed by atoms with Crippen LogP contribution in [0, 0.1) is 23.0 Å². The molecule has 1 aliphatic rings. The average molecular weight is 483 g/mol. The molecule has 0 bridgehead atoms. The molecule has 1 saturated heterocycles. The Morgan fingerprint density at radius 3 is 2.43 bits per heavy atom. The largest absolute Gasteiger partial charge is 0.507 e. The quantitative estimate of drug-likeness (QED) is 0.133.